The van der Waals surface area contributed by atoms with E-state index in [1.807, 2.05) is 19.1 Å². The molecule has 0 aromatic carbocycles. The average molecular weight is 176 g/mol. The lowest BCUT2D eigenvalue weighted by Crippen LogP contribution is -1.86. The van der Waals surface area contributed by atoms with Crippen molar-refractivity contribution >= 4 is 23.2 Å². The number of alkyl halides is 2. The maximum atomic E-state index is 5.56. The largest absolute Gasteiger partial charge is 0.258 e. The van der Waals surface area contributed by atoms with Crippen molar-refractivity contribution in [2.45, 2.75) is 11.8 Å². The molecule has 1 aromatic rings. The van der Waals surface area contributed by atoms with E-state index in [0.29, 0.717) is 5.69 Å². The molecule has 0 N–H and O–H groups in total. The number of nitrogens with zero attached hydrogens (tertiary/aromatic N) is 1. The Morgan fingerprint density at radius 3 is 2.50 bits per heavy atom. The second-order valence-corrected chi connectivity index (χ2v) is 3.16. The number of rotatable bonds is 1. The van der Waals surface area contributed by atoms with Crippen LogP contribution in [0.3, 0.4) is 0 Å². The van der Waals surface area contributed by atoms with E-state index < -0.39 is 4.84 Å². The molecule has 0 saturated heterocycles. The van der Waals surface area contributed by atoms with E-state index in [2.05, 4.69) is 4.98 Å². The SMILES string of the molecule is Cc1ccc(C(Cl)Cl)nc1. The van der Waals surface area contributed by atoms with Gasteiger partial charge in [0.25, 0.3) is 0 Å². The van der Waals surface area contributed by atoms with Gasteiger partial charge in [-0.05, 0) is 18.6 Å². The topological polar surface area (TPSA) is 12.9 Å². The molecule has 0 unspecified atom stereocenters. The van der Waals surface area contributed by atoms with E-state index in [-0.39, 0.29) is 0 Å². The highest BCUT2D eigenvalue weighted by atomic mass is 35.5. The fourth-order valence-electron chi connectivity index (χ4n) is 0.608. The first kappa shape index (κ1) is 7.83. The van der Waals surface area contributed by atoms with Crippen molar-refractivity contribution in [1.29, 1.82) is 0 Å². The Morgan fingerprint density at radius 1 is 1.40 bits per heavy atom. The first-order valence-electron chi connectivity index (χ1n) is 2.91. The van der Waals surface area contributed by atoms with Crippen LogP contribution in [0.15, 0.2) is 18.3 Å². The monoisotopic (exact) mass is 175 g/mol. The first-order valence-corrected chi connectivity index (χ1v) is 3.78. The summed E-state index contributed by atoms with van der Waals surface area (Å²) in [6.45, 7) is 1.97. The number of hydrogen-bond acceptors (Lipinski definition) is 1. The summed E-state index contributed by atoms with van der Waals surface area (Å²) in [5, 5.41) is 0. The van der Waals surface area contributed by atoms with Gasteiger partial charge in [-0.3, -0.25) is 4.98 Å². The van der Waals surface area contributed by atoms with Crippen molar-refractivity contribution < 1.29 is 0 Å². The van der Waals surface area contributed by atoms with Gasteiger partial charge in [0, 0.05) is 6.20 Å². The molecular weight excluding hydrogens is 169 g/mol. The summed E-state index contributed by atoms with van der Waals surface area (Å²) in [6, 6.07) is 3.75. The lowest BCUT2D eigenvalue weighted by molar-refractivity contribution is 1.12. The zero-order chi connectivity index (χ0) is 7.56. The molecule has 1 rings (SSSR count). The molecule has 0 atom stereocenters. The summed E-state index contributed by atoms with van der Waals surface area (Å²) >= 11 is 11.1. The molecular formula is C7H7Cl2N. The van der Waals surface area contributed by atoms with Gasteiger partial charge in [0.2, 0.25) is 0 Å². The number of pyridine rings is 1. The van der Waals surface area contributed by atoms with Gasteiger partial charge in [0.1, 0.15) is 4.84 Å². The van der Waals surface area contributed by atoms with Crippen LogP contribution < -0.4 is 0 Å². The van der Waals surface area contributed by atoms with Crippen LogP contribution in [0.5, 0.6) is 0 Å². The maximum absolute atomic E-state index is 5.56. The Bertz CT molecular complexity index is 205. The minimum Gasteiger partial charge on any atom is -0.258 e. The summed E-state index contributed by atoms with van der Waals surface area (Å²) in [5.74, 6) is 0. The Kier molecular flexibility index (Phi) is 2.52. The van der Waals surface area contributed by atoms with Gasteiger partial charge in [0.15, 0.2) is 0 Å². The molecule has 0 aliphatic heterocycles. The van der Waals surface area contributed by atoms with E-state index in [4.69, 9.17) is 23.2 Å². The second-order valence-electron chi connectivity index (χ2n) is 2.06. The molecule has 0 aliphatic rings. The zero-order valence-corrected chi connectivity index (χ0v) is 7.02. The van der Waals surface area contributed by atoms with Gasteiger partial charge in [-0.2, -0.15) is 0 Å². The van der Waals surface area contributed by atoms with Crippen molar-refractivity contribution in [2.75, 3.05) is 0 Å². The fourth-order valence-corrected chi connectivity index (χ4v) is 0.866. The second kappa shape index (κ2) is 3.22. The molecule has 1 nitrogen and oxygen atoms in total. The van der Waals surface area contributed by atoms with Gasteiger partial charge in [-0.25, -0.2) is 0 Å². The molecule has 3 heteroatoms. The van der Waals surface area contributed by atoms with E-state index in [1.54, 1.807) is 6.20 Å². The summed E-state index contributed by atoms with van der Waals surface area (Å²) in [7, 11) is 0. The maximum Gasteiger partial charge on any atom is 0.149 e. The van der Waals surface area contributed by atoms with Gasteiger partial charge >= 0.3 is 0 Å². The third-order valence-corrected chi connectivity index (χ3v) is 1.60. The molecule has 0 bridgehead atoms. The molecule has 0 radical (unpaired) electrons. The predicted molar refractivity (Wildman–Crippen MR) is 43.4 cm³/mol. The quantitative estimate of drug-likeness (QED) is 0.599. The summed E-state index contributed by atoms with van der Waals surface area (Å²) in [5.41, 5.74) is 1.81. The van der Waals surface area contributed by atoms with E-state index >= 15 is 0 Å². The molecule has 0 aliphatic carbocycles. The number of halogens is 2. The van der Waals surface area contributed by atoms with Crippen LogP contribution in [0.1, 0.15) is 16.1 Å². The molecule has 54 valence electrons. The van der Waals surface area contributed by atoms with Crippen molar-refractivity contribution in [3.63, 3.8) is 0 Å². The van der Waals surface area contributed by atoms with Gasteiger partial charge in [0.05, 0.1) is 5.69 Å². The first-order chi connectivity index (χ1) is 4.70. The highest BCUT2D eigenvalue weighted by Gasteiger charge is 2.02. The molecule has 1 heterocycles. The zero-order valence-electron chi connectivity index (χ0n) is 5.51. The van der Waals surface area contributed by atoms with Gasteiger partial charge in [-0.15, -0.1) is 0 Å². The van der Waals surface area contributed by atoms with E-state index in [9.17, 15) is 0 Å². The Labute approximate surface area is 70.0 Å². The average Bonchev–Trinajstić information content (AvgIpc) is 1.88. The third-order valence-electron chi connectivity index (χ3n) is 1.16. The Balaban J connectivity index is 2.89. The predicted octanol–water partition coefficient (Wildman–Crippen LogP) is 2.87. The third kappa shape index (κ3) is 1.86. The molecule has 0 fully saturated rings. The summed E-state index contributed by atoms with van der Waals surface area (Å²) in [6.07, 6.45) is 1.74. The molecule has 10 heavy (non-hydrogen) atoms. The minimum atomic E-state index is -0.513. The van der Waals surface area contributed by atoms with E-state index in [1.165, 1.54) is 0 Å². The van der Waals surface area contributed by atoms with E-state index in [0.717, 1.165) is 5.56 Å². The Morgan fingerprint density at radius 2 is 2.10 bits per heavy atom. The van der Waals surface area contributed by atoms with Gasteiger partial charge in [-0.1, -0.05) is 29.3 Å². The van der Waals surface area contributed by atoms with Crippen LogP contribution >= 0.6 is 23.2 Å². The number of aryl methyl sites for hydroxylation is 1. The normalized spacial score (nSPS) is 10.4. The highest BCUT2D eigenvalue weighted by Crippen LogP contribution is 2.21. The summed E-state index contributed by atoms with van der Waals surface area (Å²) < 4.78 is 0. The van der Waals surface area contributed by atoms with Crippen LogP contribution in [0.4, 0.5) is 0 Å². The van der Waals surface area contributed by atoms with Crippen LogP contribution in [0, 0.1) is 6.92 Å². The molecule has 0 spiro atoms. The van der Waals surface area contributed by atoms with Crippen molar-refractivity contribution in [3.8, 4) is 0 Å². The van der Waals surface area contributed by atoms with Crippen LogP contribution in [-0.2, 0) is 0 Å². The van der Waals surface area contributed by atoms with Crippen LogP contribution in [-0.4, -0.2) is 4.98 Å². The number of aromatic nitrogens is 1. The van der Waals surface area contributed by atoms with Crippen molar-refractivity contribution in [1.82, 2.24) is 4.98 Å². The fraction of sp³-hybridized carbons (Fsp3) is 0.286. The van der Waals surface area contributed by atoms with Crippen molar-refractivity contribution in [2.24, 2.45) is 0 Å². The molecule has 0 amide bonds. The standard InChI is InChI=1S/C7H7Cl2N/c1-5-2-3-6(7(8)9)10-4-5/h2-4,7H,1H3. The van der Waals surface area contributed by atoms with Crippen molar-refractivity contribution in [3.05, 3.63) is 29.6 Å². The minimum absolute atomic E-state index is 0.513. The summed E-state index contributed by atoms with van der Waals surface area (Å²) in [4.78, 5) is 3.50. The lowest BCUT2D eigenvalue weighted by atomic mass is 10.3. The molecule has 1 aromatic heterocycles. The number of hydrogen-bond donors (Lipinski definition) is 0. The van der Waals surface area contributed by atoms with Crippen LogP contribution in [0.25, 0.3) is 0 Å². The highest BCUT2D eigenvalue weighted by molar-refractivity contribution is 6.43. The molecule has 0 saturated carbocycles. The lowest BCUT2D eigenvalue weighted by Gasteiger charge is -1.98. The smallest absolute Gasteiger partial charge is 0.149 e. The van der Waals surface area contributed by atoms with Gasteiger partial charge < -0.3 is 0 Å². The Hall–Kier alpha value is -0.270. The van der Waals surface area contributed by atoms with Crippen LogP contribution in [0.2, 0.25) is 0 Å².